The van der Waals surface area contributed by atoms with Crippen LogP contribution in [0.1, 0.15) is 40.5 Å². The summed E-state index contributed by atoms with van der Waals surface area (Å²) in [5.74, 6) is 0.186. The minimum Gasteiger partial charge on any atom is -0.480 e. The van der Waals surface area contributed by atoms with E-state index in [1.165, 1.54) is 12.7 Å². The summed E-state index contributed by atoms with van der Waals surface area (Å²) < 4.78 is 4.95. The summed E-state index contributed by atoms with van der Waals surface area (Å²) in [6.07, 6.45) is 4.54. The molecule has 1 aliphatic carbocycles. The van der Waals surface area contributed by atoms with Crippen molar-refractivity contribution in [2.75, 3.05) is 7.11 Å². The van der Waals surface area contributed by atoms with Gasteiger partial charge < -0.3 is 4.74 Å². The molecule has 0 spiro atoms. The topological polar surface area (TPSA) is 65.0 Å². The summed E-state index contributed by atoms with van der Waals surface area (Å²) in [5.41, 5.74) is 2.43. The Hall–Kier alpha value is -2.30. The van der Waals surface area contributed by atoms with Gasteiger partial charge in [-0.1, -0.05) is 6.07 Å². The molecule has 0 saturated heterocycles. The Bertz CT molecular complexity index is 625. The van der Waals surface area contributed by atoms with Crippen LogP contribution in [-0.2, 0) is 6.42 Å². The zero-order valence-corrected chi connectivity index (χ0v) is 11.2. The zero-order valence-electron chi connectivity index (χ0n) is 11.2. The van der Waals surface area contributed by atoms with Crippen molar-refractivity contribution in [3.05, 3.63) is 47.4 Å². The number of Topliss-reactive ketones (excluding diaryl/α,β-unsaturated/α-hetero) is 1. The van der Waals surface area contributed by atoms with Crippen LogP contribution in [0.15, 0.2) is 30.5 Å². The number of rotatable bonds is 3. The maximum absolute atomic E-state index is 12.6. The van der Waals surface area contributed by atoms with Crippen molar-refractivity contribution in [2.45, 2.75) is 25.2 Å². The molecule has 2 aromatic rings. The monoisotopic (exact) mass is 269 g/mol. The molecule has 0 saturated carbocycles. The second kappa shape index (κ2) is 5.36. The number of hydrogen-bond acceptors (Lipinski definition) is 5. The molecule has 0 bridgehead atoms. The Labute approximate surface area is 117 Å². The number of fused-ring (bicyclic) bond motifs is 1. The fourth-order valence-corrected chi connectivity index (χ4v) is 2.60. The van der Waals surface area contributed by atoms with Crippen molar-refractivity contribution in [1.29, 1.82) is 0 Å². The summed E-state index contributed by atoms with van der Waals surface area (Å²) in [5, 5.41) is 7.80. The van der Waals surface area contributed by atoms with E-state index in [2.05, 4.69) is 15.2 Å². The predicted octanol–water partition coefficient (Wildman–Crippen LogP) is 2.18. The van der Waals surface area contributed by atoms with Crippen LogP contribution in [0.2, 0.25) is 0 Å². The van der Waals surface area contributed by atoms with E-state index < -0.39 is 0 Å². The molecule has 0 N–H and O–H groups in total. The average Bonchev–Trinajstić information content (AvgIpc) is 2.54. The number of hydrogen-bond donors (Lipinski definition) is 0. The Kier molecular flexibility index (Phi) is 3.41. The lowest BCUT2D eigenvalue weighted by molar-refractivity contribution is 0.0942. The smallest absolute Gasteiger partial charge is 0.233 e. The van der Waals surface area contributed by atoms with E-state index in [9.17, 15) is 4.79 Å². The average molecular weight is 269 g/mol. The van der Waals surface area contributed by atoms with Crippen LogP contribution in [-0.4, -0.2) is 28.1 Å². The fraction of sp³-hybridized carbons (Fsp3) is 0.333. The van der Waals surface area contributed by atoms with Crippen LogP contribution in [0, 0.1) is 0 Å². The molecule has 0 fully saturated rings. The Morgan fingerprint density at radius 1 is 1.30 bits per heavy atom. The standard InChI is InChI=1S/C15H15N3O2/c1-20-13-8-7-12(17-18-13)15(19)11-6-2-4-10-5-3-9-16-14(10)11/h3,5,7-9,11H,2,4,6H2,1H3. The molecule has 0 aromatic carbocycles. The number of ether oxygens (including phenoxy) is 1. The van der Waals surface area contributed by atoms with Crippen LogP contribution < -0.4 is 4.74 Å². The highest BCUT2D eigenvalue weighted by Crippen LogP contribution is 2.32. The van der Waals surface area contributed by atoms with Gasteiger partial charge in [0.05, 0.1) is 18.7 Å². The van der Waals surface area contributed by atoms with E-state index in [-0.39, 0.29) is 11.7 Å². The molecule has 0 radical (unpaired) electrons. The van der Waals surface area contributed by atoms with Gasteiger partial charge >= 0.3 is 0 Å². The van der Waals surface area contributed by atoms with Gasteiger partial charge in [0.1, 0.15) is 5.69 Å². The number of ketones is 1. The fourth-order valence-electron chi connectivity index (χ4n) is 2.60. The maximum atomic E-state index is 12.6. The third kappa shape index (κ3) is 2.27. The Morgan fingerprint density at radius 2 is 2.20 bits per heavy atom. The molecule has 3 rings (SSSR count). The van der Waals surface area contributed by atoms with Gasteiger partial charge in [0.2, 0.25) is 5.88 Å². The van der Waals surface area contributed by atoms with Crippen LogP contribution in [0.3, 0.4) is 0 Å². The lowest BCUT2D eigenvalue weighted by atomic mass is 9.83. The maximum Gasteiger partial charge on any atom is 0.233 e. The van der Waals surface area contributed by atoms with Gasteiger partial charge in [0.15, 0.2) is 5.78 Å². The lowest BCUT2D eigenvalue weighted by Crippen LogP contribution is -2.21. The number of carbonyl (C=O) groups is 1. The Morgan fingerprint density at radius 3 is 2.95 bits per heavy atom. The minimum absolute atomic E-state index is 0.0141. The van der Waals surface area contributed by atoms with E-state index in [4.69, 9.17) is 4.74 Å². The molecular weight excluding hydrogens is 254 g/mol. The summed E-state index contributed by atoms with van der Waals surface area (Å²) in [6, 6.07) is 7.27. The summed E-state index contributed by atoms with van der Waals surface area (Å²) in [4.78, 5) is 17.0. The number of nitrogens with zero attached hydrogens (tertiary/aromatic N) is 3. The molecule has 0 amide bonds. The van der Waals surface area contributed by atoms with Gasteiger partial charge in [-0.05, 0) is 37.0 Å². The first-order valence-electron chi connectivity index (χ1n) is 6.65. The third-order valence-electron chi connectivity index (χ3n) is 3.61. The molecule has 2 heterocycles. The van der Waals surface area contributed by atoms with E-state index in [1.54, 1.807) is 18.3 Å². The van der Waals surface area contributed by atoms with Crippen molar-refractivity contribution in [3.8, 4) is 5.88 Å². The first-order valence-corrected chi connectivity index (χ1v) is 6.65. The SMILES string of the molecule is COc1ccc(C(=O)C2CCCc3cccnc32)nn1. The van der Waals surface area contributed by atoms with Crippen molar-refractivity contribution in [1.82, 2.24) is 15.2 Å². The molecule has 2 aromatic heterocycles. The number of aryl methyl sites for hydroxylation is 1. The molecule has 5 nitrogen and oxygen atoms in total. The molecule has 0 aliphatic heterocycles. The lowest BCUT2D eigenvalue weighted by Gasteiger charge is -2.22. The van der Waals surface area contributed by atoms with E-state index in [0.29, 0.717) is 11.6 Å². The number of aromatic nitrogens is 3. The van der Waals surface area contributed by atoms with Gasteiger partial charge in [-0.3, -0.25) is 9.78 Å². The van der Waals surface area contributed by atoms with Gasteiger partial charge in [-0.2, -0.15) is 0 Å². The van der Waals surface area contributed by atoms with Crippen LogP contribution >= 0.6 is 0 Å². The number of pyridine rings is 1. The van der Waals surface area contributed by atoms with E-state index in [0.717, 1.165) is 25.0 Å². The van der Waals surface area contributed by atoms with Crippen molar-refractivity contribution < 1.29 is 9.53 Å². The van der Waals surface area contributed by atoms with Crippen molar-refractivity contribution in [2.24, 2.45) is 0 Å². The van der Waals surface area contributed by atoms with Crippen LogP contribution in [0.25, 0.3) is 0 Å². The highest BCUT2D eigenvalue weighted by atomic mass is 16.5. The van der Waals surface area contributed by atoms with Gasteiger partial charge in [0.25, 0.3) is 0 Å². The van der Waals surface area contributed by atoms with Gasteiger partial charge in [-0.25, -0.2) is 0 Å². The largest absolute Gasteiger partial charge is 0.480 e. The summed E-state index contributed by atoms with van der Waals surface area (Å²) in [6.45, 7) is 0. The molecular formula is C15H15N3O2. The normalized spacial score (nSPS) is 17.4. The minimum atomic E-state index is -0.206. The Balaban J connectivity index is 1.91. The van der Waals surface area contributed by atoms with E-state index in [1.807, 2.05) is 12.1 Å². The highest BCUT2D eigenvalue weighted by molar-refractivity contribution is 5.99. The first kappa shape index (κ1) is 12.7. The quantitative estimate of drug-likeness (QED) is 0.799. The molecule has 5 heteroatoms. The van der Waals surface area contributed by atoms with Crippen LogP contribution in [0.5, 0.6) is 5.88 Å². The van der Waals surface area contributed by atoms with Crippen LogP contribution in [0.4, 0.5) is 0 Å². The summed E-state index contributed by atoms with van der Waals surface area (Å²) >= 11 is 0. The van der Waals surface area contributed by atoms with Gasteiger partial charge in [0, 0.05) is 12.3 Å². The summed E-state index contributed by atoms with van der Waals surface area (Å²) in [7, 11) is 1.52. The van der Waals surface area contributed by atoms with E-state index >= 15 is 0 Å². The van der Waals surface area contributed by atoms with Gasteiger partial charge in [-0.15, -0.1) is 10.2 Å². The first-order chi connectivity index (χ1) is 9.79. The second-order valence-electron chi connectivity index (χ2n) is 4.82. The number of methoxy groups -OCH3 is 1. The molecule has 1 atom stereocenters. The zero-order chi connectivity index (χ0) is 13.9. The molecule has 102 valence electrons. The molecule has 20 heavy (non-hydrogen) atoms. The van der Waals surface area contributed by atoms with Crippen molar-refractivity contribution in [3.63, 3.8) is 0 Å². The third-order valence-corrected chi connectivity index (χ3v) is 3.61. The number of carbonyl (C=O) groups excluding carboxylic acids is 1. The molecule has 1 aliphatic rings. The van der Waals surface area contributed by atoms with Crippen molar-refractivity contribution >= 4 is 5.78 Å². The predicted molar refractivity (Wildman–Crippen MR) is 72.8 cm³/mol. The highest BCUT2D eigenvalue weighted by Gasteiger charge is 2.29. The molecule has 1 unspecified atom stereocenters. The second-order valence-corrected chi connectivity index (χ2v) is 4.82.